The molecule has 0 aliphatic carbocycles. The van der Waals surface area contributed by atoms with Crippen molar-refractivity contribution in [1.82, 2.24) is 4.57 Å². The number of aryl methyl sites for hydroxylation is 1. The summed E-state index contributed by atoms with van der Waals surface area (Å²) < 4.78 is 28.3. The smallest absolute Gasteiger partial charge is 0.293 e. The van der Waals surface area contributed by atoms with Crippen molar-refractivity contribution in [3.63, 3.8) is 0 Å². The molecule has 126 valence electrons. The molecule has 1 atom stereocenters. The number of carbonyl (C=O) groups is 1. The molecule has 0 spiro atoms. The molecule has 0 bridgehead atoms. The lowest BCUT2D eigenvalue weighted by Crippen LogP contribution is -1.99. The van der Waals surface area contributed by atoms with E-state index in [0.29, 0.717) is 17.9 Å². The van der Waals surface area contributed by atoms with E-state index in [-0.39, 0.29) is 11.9 Å². The summed E-state index contributed by atoms with van der Waals surface area (Å²) in [7, 11) is -2.28. The highest BCUT2D eigenvalue weighted by atomic mass is 35.5. The Morgan fingerprint density at radius 1 is 1.30 bits per heavy atom. The number of nitrogens with zero attached hydrogens (tertiary/aromatic N) is 1. The van der Waals surface area contributed by atoms with Crippen molar-refractivity contribution in [2.24, 2.45) is 0 Å². The van der Waals surface area contributed by atoms with E-state index in [1.807, 2.05) is 31.3 Å². The lowest BCUT2D eigenvalue weighted by atomic mass is 10.1. The van der Waals surface area contributed by atoms with E-state index in [9.17, 15) is 13.2 Å². The van der Waals surface area contributed by atoms with Crippen LogP contribution in [0.15, 0.2) is 24.4 Å². The van der Waals surface area contributed by atoms with Crippen LogP contribution in [0.3, 0.4) is 0 Å². The van der Waals surface area contributed by atoms with E-state index in [0.717, 1.165) is 35.9 Å². The van der Waals surface area contributed by atoms with Gasteiger partial charge in [0.15, 0.2) is 0 Å². The van der Waals surface area contributed by atoms with Crippen molar-refractivity contribution < 1.29 is 17.9 Å². The van der Waals surface area contributed by atoms with E-state index in [1.165, 1.54) is 0 Å². The van der Waals surface area contributed by atoms with Crippen LogP contribution in [0.2, 0.25) is 5.02 Å². The quantitative estimate of drug-likeness (QED) is 0.425. The SMILES string of the molecule is CC(OC=O)c1cn(CCCCC[SH](=O)=O)c2ccc(Cl)cc12. The predicted molar refractivity (Wildman–Crippen MR) is 91.5 cm³/mol. The molecule has 0 saturated heterocycles. The van der Waals surface area contributed by atoms with E-state index in [2.05, 4.69) is 4.57 Å². The first-order valence-corrected chi connectivity index (χ1v) is 9.26. The molecule has 2 aromatic rings. The van der Waals surface area contributed by atoms with Gasteiger partial charge < -0.3 is 9.30 Å². The maximum atomic E-state index is 10.6. The molecular weight excluding hydrogens is 338 g/mol. The molecule has 5 nitrogen and oxygen atoms in total. The van der Waals surface area contributed by atoms with Crippen molar-refractivity contribution in [3.8, 4) is 0 Å². The summed E-state index contributed by atoms with van der Waals surface area (Å²) in [6, 6.07) is 5.65. The van der Waals surface area contributed by atoms with Crippen LogP contribution in [0.5, 0.6) is 0 Å². The third-order valence-electron chi connectivity index (χ3n) is 3.81. The number of unbranched alkanes of at least 4 members (excludes halogenated alkanes) is 2. The van der Waals surface area contributed by atoms with Crippen LogP contribution >= 0.6 is 11.6 Å². The number of hydrogen-bond donors (Lipinski definition) is 1. The fourth-order valence-corrected chi connectivity index (χ4v) is 3.32. The molecule has 0 radical (unpaired) electrons. The minimum Gasteiger partial charge on any atom is -0.460 e. The number of benzene rings is 1. The summed E-state index contributed by atoms with van der Waals surface area (Å²) >= 11 is 6.08. The Hall–Kier alpha value is -1.53. The van der Waals surface area contributed by atoms with E-state index < -0.39 is 10.7 Å². The average Bonchev–Trinajstić information content (AvgIpc) is 2.85. The second-order valence-electron chi connectivity index (χ2n) is 5.43. The van der Waals surface area contributed by atoms with Crippen molar-refractivity contribution in [1.29, 1.82) is 0 Å². The Morgan fingerprint density at radius 2 is 2.09 bits per heavy atom. The summed E-state index contributed by atoms with van der Waals surface area (Å²) in [6.45, 7) is 3.04. The Morgan fingerprint density at radius 3 is 2.78 bits per heavy atom. The van der Waals surface area contributed by atoms with Crippen LogP contribution in [0, 0.1) is 0 Å². The molecule has 7 heteroatoms. The first kappa shape index (κ1) is 17.8. The highest BCUT2D eigenvalue weighted by Gasteiger charge is 2.15. The third kappa shape index (κ3) is 4.72. The van der Waals surface area contributed by atoms with Crippen LogP contribution in [0.1, 0.15) is 37.9 Å². The Balaban J connectivity index is 2.17. The predicted octanol–water partition coefficient (Wildman–Crippen LogP) is 3.31. The summed E-state index contributed by atoms with van der Waals surface area (Å²) in [4.78, 5) is 10.6. The third-order valence-corrected chi connectivity index (χ3v) is 4.73. The molecule has 0 fully saturated rings. The number of hydrogen-bond acceptors (Lipinski definition) is 4. The Kier molecular flexibility index (Phi) is 6.47. The van der Waals surface area contributed by atoms with Gasteiger partial charge in [0.05, 0.1) is 0 Å². The highest BCUT2D eigenvalue weighted by Crippen LogP contribution is 2.30. The fourth-order valence-electron chi connectivity index (χ4n) is 2.66. The molecule has 0 aliphatic rings. The monoisotopic (exact) mass is 357 g/mol. The number of fused-ring (bicyclic) bond motifs is 1. The zero-order valence-corrected chi connectivity index (χ0v) is 14.6. The molecule has 0 amide bonds. The van der Waals surface area contributed by atoms with Crippen molar-refractivity contribution >= 4 is 39.7 Å². The zero-order chi connectivity index (χ0) is 16.8. The van der Waals surface area contributed by atoms with Gasteiger partial charge in [0.25, 0.3) is 6.47 Å². The summed E-state index contributed by atoms with van der Waals surface area (Å²) in [6.07, 6.45) is 4.05. The fraction of sp³-hybridized carbons (Fsp3) is 0.438. The van der Waals surface area contributed by atoms with Crippen LogP contribution in [-0.2, 0) is 26.8 Å². The van der Waals surface area contributed by atoms with Gasteiger partial charge in [-0.25, -0.2) is 8.42 Å². The minimum absolute atomic E-state index is 0.243. The van der Waals surface area contributed by atoms with Gasteiger partial charge in [0.1, 0.15) is 16.8 Å². The summed E-state index contributed by atoms with van der Waals surface area (Å²) in [5, 5.41) is 1.60. The molecule has 1 aromatic carbocycles. The van der Waals surface area contributed by atoms with Gasteiger partial charge in [-0.1, -0.05) is 18.0 Å². The normalized spacial score (nSPS) is 12.7. The standard InChI is InChI=1S/C16H20ClNO4S/c1-12(22-11-19)15-10-18(7-3-2-4-8-23(20)21)16-6-5-13(17)9-14(15)16/h5-6,9-12,23H,2-4,7-8H2,1H3. The van der Waals surface area contributed by atoms with Crippen molar-refractivity contribution in [2.75, 3.05) is 5.75 Å². The molecule has 1 aromatic heterocycles. The summed E-state index contributed by atoms with van der Waals surface area (Å²) in [5.41, 5.74) is 1.94. The minimum atomic E-state index is -2.28. The number of thiol groups is 1. The van der Waals surface area contributed by atoms with Gasteiger partial charge >= 0.3 is 0 Å². The first-order valence-electron chi connectivity index (χ1n) is 7.52. The molecule has 2 rings (SSSR count). The molecule has 1 unspecified atom stereocenters. The van der Waals surface area contributed by atoms with Crippen molar-refractivity contribution in [2.45, 2.75) is 38.8 Å². The van der Waals surface area contributed by atoms with Crippen molar-refractivity contribution in [3.05, 3.63) is 35.0 Å². The van der Waals surface area contributed by atoms with E-state index in [1.54, 1.807) is 0 Å². The van der Waals surface area contributed by atoms with Gasteiger partial charge in [-0.05, 0) is 38.0 Å². The molecule has 23 heavy (non-hydrogen) atoms. The molecule has 0 aliphatic heterocycles. The van der Waals surface area contributed by atoms with Gasteiger partial charge in [-0.3, -0.25) is 4.79 Å². The maximum absolute atomic E-state index is 10.6. The number of ether oxygens (including phenoxy) is 1. The molecule has 0 N–H and O–H groups in total. The second-order valence-corrected chi connectivity index (χ2v) is 6.98. The lowest BCUT2D eigenvalue weighted by molar-refractivity contribution is -0.133. The number of carbonyl (C=O) groups excluding carboxylic acids is 1. The average molecular weight is 358 g/mol. The van der Waals surface area contributed by atoms with Gasteiger partial charge in [-0.2, -0.15) is 0 Å². The van der Waals surface area contributed by atoms with Crippen LogP contribution in [0.4, 0.5) is 0 Å². The topological polar surface area (TPSA) is 65.4 Å². The Bertz CT molecular complexity index is 746. The van der Waals surface area contributed by atoms with Crippen LogP contribution in [-0.4, -0.2) is 25.2 Å². The number of halogens is 1. The van der Waals surface area contributed by atoms with Crippen LogP contribution in [0.25, 0.3) is 10.9 Å². The molecular formula is C16H20ClNO4S. The largest absolute Gasteiger partial charge is 0.460 e. The van der Waals surface area contributed by atoms with E-state index >= 15 is 0 Å². The van der Waals surface area contributed by atoms with Gasteiger partial charge in [-0.15, -0.1) is 0 Å². The van der Waals surface area contributed by atoms with E-state index in [4.69, 9.17) is 16.3 Å². The van der Waals surface area contributed by atoms with Gasteiger partial charge in [0.2, 0.25) is 0 Å². The van der Waals surface area contributed by atoms with Gasteiger partial charge in [0, 0.05) is 40.0 Å². The van der Waals surface area contributed by atoms with Crippen LogP contribution < -0.4 is 0 Å². The zero-order valence-electron chi connectivity index (χ0n) is 12.9. The first-order chi connectivity index (χ1) is 11.0. The highest BCUT2D eigenvalue weighted by molar-refractivity contribution is 7.72. The second kappa shape index (κ2) is 8.36. The molecule has 0 saturated carbocycles. The lowest BCUT2D eigenvalue weighted by Gasteiger charge is -2.07. The number of rotatable bonds is 9. The maximum Gasteiger partial charge on any atom is 0.293 e. The summed E-state index contributed by atoms with van der Waals surface area (Å²) in [5.74, 6) is 0.243. The molecule has 1 heterocycles. The Labute approximate surface area is 142 Å². The number of aromatic nitrogens is 1.